The summed E-state index contributed by atoms with van der Waals surface area (Å²) in [6.07, 6.45) is 2.23. The number of nitrogens with one attached hydrogen (secondary N) is 1. The van der Waals surface area contributed by atoms with Gasteiger partial charge in [-0.3, -0.25) is 9.59 Å². The maximum Gasteiger partial charge on any atom is 0.303 e. The van der Waals surface area contributed by atoms with E-state index < -0.39 is 5.97 Å². The monoisotopic (exact) mass is 313 g/mol. The fourth-order valence-electron chi connectivity index (χ4n) is 1.71. The summed E-state index contributed by atoms with van der Waals surface area (Å²) in [5.74, 6) is -0.440. The summed E-state index contributed by atoms with van der Waals surface area (Å²) in [5, 5.41) is 11.8. The van der Waals surface area contributed by atoms with Crippen molar-refractivity contribution >= 4 is 29.2 Å². The molecule has 116 valence electrons. The van der Waals surface area contributed by atoms with Crippen LogP contribution in [0, 0.1) is 0 Å². The van der Waals surface area contributed by atoms with E-state index >= 15 is 0 Å². The number of halogens is 1. The van der Waals surface area contributed by atoms with Gasteiger partial charge in [-0.1, -0.05) is 18.5 Å². The topological polar surface area (TPSA) is 75.6 Å². The molecule has 2 N–H and O–H groups in total. The van der Waals surface area contributed by atoms with E-state index in [9.17, 15) is 9.59 Å². The molecule has 5 nitrogen and oxygen atoms in total. The maximum absolute atomic E-state index is 11.8. The summed E-state index contributed by atoms with van der Waals surface area (Å²) in [4.78, 5) is 22.2. The molecule has 0 atom stereocenters. The van der Waals surface area contributed by atoms with Gasteiger partial charge in [-0.2, -0.15) is 0 Å². The number of aliphatic carboxylic acids is 1. The van der Waals surface area contributed by atoms with Gasteiger partial charge in [0.2, 0.25) is 5.91 Å². The Kier molecular flexibility index (Phi) is 7.61. The predicted octanol–water partition coefficient (Wildman–Crippen LogP) is 3.71. The number of hydrogen-bond acceptors (Lipinski definition) is 3. The molecule has 0 aliphatic rings. The van der Waals surface area contributed by atoms with E-state index in [0.717, 1.165) is 6.42 Å². The number of carbonyl (C=O) groups is 2. The predicted molar refractivity (Wildman–Crippen MR) is 82.0 cm³/mol. The summed E-state index contributed by atoms with van der Waals surface area (Å²) in [6, 6.07) is 5.06. The molecule has 0 unspecified atom stereocenters. The molecule has 0 aromatic heterocycles. The molecule has 1 aromatic rings. The third-order valence-electron chi connectivity index (χ3n) is 2.72. The summed E-state index contributed by atoms with van der Waals surface area (Å²) >= 11 is 5.92. The Balaban J connectivity index is 2.53. The van der Waals surface area contributed by atoms with E-state index in [4.69, 9.17) is 21.4 Å². The molecule has 1 amide bonds. The molecular weight excluding hydrogens is 294 g/mol. The molecule has 0 aliphatic carbocycles. The average molecular weight is 314 g/mol. The van der Waals surface area contributed by atoms with Crippen LogP contribution in [-0.4, -0.2) is 23.6 Å². The number of ether oxygens (including phenoxy) is 1. The first-order valence-electron chi connectivity index (χ1n) is 6.97. The van der Waals surface area contributed by atoms with Crippen molar-refractivity contribution in [3.05, 3.63) is 23.2 Å². The second-order valence-corrected chi connectivity index (χ2v) is 5.07. The van der Waals surface area contributed by atoms with Crippen molar-refractivity contribution in [3.63, 3.8) is 0 Å². The van der Waals surface area contributed by atoms with Gasteiger partial charge in [-0.25, -0.2) is 0 Å². The molecule has 1 rings (SSSR count). The Hall–Kier alpha value is -1.75. The molecule has 0 bridgehead atoms. The standard InChI is InChI=1S/C15H20ClNO4/c1-2-9-21-13-8-7-11(16)10-12(13)17-14(18)5-3-4-6-15(19)20/h7-8,10H,2-6,9H2,1H3,(H,17,18)(H,19,20). The van der Waals surface area contributed by atoms with E-state index in [0.29, 0.717) is 35.9 Å². The third-order valence-corrected chi connectivity index (χ3v) is 2.96. The Morgan fingerprint density at radius 3 is 2.67 bits per heavy atom. The van der Waals surface area contributed by atoms with E-state index in [1.807, 2.05) is 6.92 Å². The summed E-state index contributed by atoms with van der Waals surface area (Å²) in [5.41, 5.74) is 0.541. The number of unbranched alkanes of at least 4 members (excludes halogenated alkanes) is 1. The van der Waals surface area contributed by atoms with Gasteiger partial charge in [0.25, 0.3) is 0 Å². The lowest BCUT2D eigenvalue weighted by molar-refractivity contribution is -0.137. The number of hydrogen-bond donors (Lipinski definition) is 2. The summed E-state index contributed by atoms with van der Waals surface area (Å²) in [7, 11) is 0. The van der Waals surface area contributed by atoms with Crippen molar-refractivity contribution in [2.45, 2.75) is 39.0 Å². The summed E-state index contributed by atoms with van der Waals surface area (Å²) in [6.45, 7) is 2.56. The number of benzene rings is 1. The SMILES string of the molecule is CCCOc1ccc(Cl)cc1NC(=O)CCCCC(=O)O. The van der Waals surface area contributed by atoms with Crippen molar-refractivity contribution in [2.75, 3.05) is 11.9 Å². The minimum absolute atomic E-state index is 0.0787. The molecule has 0 radical (unpaired) electrons. The highest BCUT2D eigenvalue weighted by Gasteiger charge is 2.09. The lowest BCUT2D eigenvalue weighted by atomic mass is 10.2. The van der Waals surface area contributed by atoms with Crippen molar-refractivity contribution in [2.24, 2.45) is 0 Å². The van der Waals surface area contributed by atoms with Crippen LogP contribution in [-0.2, 0) is 9.59 Å². The largest absolute Gasteiger partial charge is 0.491 e. The highest BCUT2D eigenvalue weighted by atomic mass is 35.5. The van der Waals surface area contributed by atoms with Gasteiger partial charge in [0, 0.05) is 17.9 Å². The van der Waals surface area contributed by atoms with E-state index in [1.54, 1.807) is 18.2 Å². The summed E-state index contributed by atoms with van der Waals surface area (Å²) < 4.78 is 5.55. The number of amides is 1. The average Bonchev–Trinajstić information content (AvgIpc) is 2.42. The van der Waals surface area contributed by atoms with Crippen LogP contribution in [0.3, 0.4) is 0 Å². The van der Waals surface area contributed by atoms with Gasteiger partial charge in [0.05, 0.1) is 12.3 Å². The quantitative estimate of drug-likeness (QED) is 0.681. The molecule has 21 heavy (non-hydrogen) atoms. The van der Waals surface area contributed by atoms with Gasteiger partial charge in [-0.05, 0) is 37.5 Å². The molecule has 6 heteroatoms. The van der Waals surface area contributed by atoms with Gasteiger partial charge in [-0.15, -0.1) is 0 Å². The van der Waals surface area contributed by atoms with Crippen LogP contribution in [0.4, 0.5) is 5.69 Å². The fraction of sp³-hybridized carbons (Fsp3) is 0.467. The molecule has 0 saturated heterocycles. The van der Waals surface area contributed by atoms with Crippen molar-refractivity contribution < 1.29 is 19.4 Å². The zero-order valence-electron chi connectivity index (χ0n) is 12.0. The van der Waals surface area contributed by atoms with E-state index in [2.05, 4.69) is 5.32 Å². The highest BCUT2D eigenvalue weighted by molar-refractivity contribution is 6.31. The minimum atomic E-state index is -0.847. The van der Waals surface area contributed by atoms with Crippen LogP contribution in [0.2, 0.25) is 5.02 Å². The molecule has 0 aliphatic heterocycles. The van der Waals surface area contributed by atoms with Crippen molar-refractivity contribution in [1.82, 2.24) is 0 Å². The first-order chi connectivity index (χ1) is 10.0. The Bertz CT molecular complexity index is 491. The Morgan fingerprint density at radius 2 is 2.00 bits per heavy atom. The normalized spacial score (nSPS) is 10.2. The zero-order valence-corrected chi connectivity index (χ0v) is 12.8. The van der Waals surface area contributed by atoms with Crippen molar-refractivity contribution in [3.8, 4) is 5.75 Å². The van der Waals surface area contributed by atoms with Crippen LogP contribution in [0.25, 0.3) is 0 Å². The smallest absolute Gasteiger partial charge is 0.303 e. The van der Waals surface area contributed by atoms with Crippen LogP contribution in [0.5, 0.6) is 5.75 Å². The van der Waals surface area contributed by atoms with E-state index in [1.165, 1.54) is 0 Å². The molecule has 1 aromatic carbocycles. The second-order valence-electron chi connectivity index (χ2n) is 4.64. The van der Waals surface area contributed by atoms with Gasteiger partial charge < -0.3 is 15.2 Å². The van der Waals surface area contributed by atoms with Gasteiger partial charge in [0.15, 0.2) is 0 Å². The molecular formula is C15H20ClNO4. The number of rotatable bonds is 9. The number of anilines is 1. The number of carboxylic acid groups (broad SMARTS) is 1. The Labute approximate surface area is 129 Å². The maximum atomic E-state index is 11.8. The van der Waals surface area contributed by atoms with Gasteiger partial charge >= 0.3 is 5.97 Å². The number of carbonyl (C=O) groups excluding carboxylic acids is 1. The van der Waals surface area contributed by atoms with Crippen LogP contribution < -0.4 is 10.1 Å². The van der Waals surface area contributed by atoms with Crippen LogP contribution in [0.15, 0.2) is 18.2 Å². The lowest BCUT2D eigenvalue weighted by Gasteiger charge is -2.12. The Morgan fingerprint density at radius 1 is 1.29 bits per heavy atom. The fourth-order valence-corrected chi connectivity index (χ4v) is 1.88. The molecule has 0 saturated carbocycles. The molecule has 0 heterocycles. The first-order valence-corrected chi connectivity index (χ1v) is 7.34. The molecule has 0 spiro atoms. The number of carboxylic acids is 1. The van der Waals surface area contributed by atoms with E-state index in [-0.39, 0.29) is 18.7 Å². The van der Waals surface area contributed by atoms with Gasteiger partial charge in [0.1, 0.15) is 5.75 Å². The zero-order chi connectivity index (χ0) is 15.7. The van der Waals surface area contributed by atoms with Crippen molar-refractivity contribution in [1.29, 1.82) is 0 Å². The minimum Gasteiger partial charge on any atom is -0.491 e. The third kappa shape index (κ3) is 6.99. The van der Waals surface area contributed by atoms with Crippen LogP contribution >= 0.6 is 11.6 Å². The first kappa shape index (κ1) is 17.3. The lowest BCUT2D eigenvalue weighted by Crippen LogP contribution is -2.12. The second kappa shape index (κ2) is 9.23. The highest BCUT2D eigenvalue weighted by Crippen LogP contribution is 2.28. The van der Waals surface area contributed by atoms with Crippen LogP contribution in [0.1, 0.15) is 39.0 Å². The molecule has 0 fully saturated rings.